The van der Waals surface area contributed by atoms with E-state index in [9.17, 15) is 18.3 Å². The lowest BCUT2D eigenvalue weighted by atomic mass is 9.96. The molecule has 0 aliphatic carbocycles. The topological polar surface area (TPSA) is 101 Å². The van der Waals surface area contributed by atoms with Crippen molar-refractivity contribution in [1.82, 2.24) is 0 Å². The molecule has 0 atom stereocenters. The summed E-state index contributed by atoms with van der Waals surface area (Å²) in [5, 5.41) is 9.58. The molecule has 98 valence electrons. The quantitative estimate of drug-likeness (QED) is 0.428. The zero-order valence-electron chi connectivity index (χ0n) is 9.79. The Kier molecular flexibility index (Phi) is 4.74. The van der Waals surface area contributed by atoms with E-state index in [4.69, 9.17) is 4.55 Å². The van der Waals surface area contributed by atoms with E-state index >= 15 is 0 Å². The first-order valence-corrected chi connectivity index (χ1v) is 6.88. The van der Waals surface area contributed by atoms with E-state index in [-0.39, 0.29) is 11.3 Å². The van der Waals surface area contributed by atoms with Gasteiger partial charge in [-0.3, -0.25) is 4.55 Å². The zero-order valence-corrected chi connectivity index (χ0v) is 10.6. The molecule has 0 aromatic heterocycles. The Labute approximate surface area is 106 Å². The van der Waals surface area contributed by atoms with Crippen LogP contribution < -0.4 is 0 Å². The highest BCUT2D eigenvalue weighted by atomic mass is 32.2. The first-order chi connectivity index (χ1) is 8.33. The molecule has 0 bridgehead atoms. The van der Waals surface area contributed by atoms with Crippen LogP contribution in [0.1, 0.15) is 15.9 Å². The largest absolute Gasteiger partial charge is 0.507 e. The molecule has 2 N–H and O–H groups in total. The van der Waals surface area contributed by atoms with Crippen LogP contribution in [0.3, 0.4) is 0 Å². The summed E-state index contributed by atoms with van der Waals surface area (Å²) in [6, 6.07) is 4.52. The maximum absolute atomic E-state index is 11.5. The van der Waals surface area contributed by atoms with Crippen molar-refractivity contribution in [1.29, 1.82) is 0 Å². The third kappa shape index (κ3) is 4.38. The van der Waals surface area contributed by atoms with Crippen LogP contribution in [0, 0.1) is 0 Å². The van der Waals surface area contributed by atoms with E-state index in [1.165, 1.54) is 12.1 Å². The van der Waals surface area contributed by atoms with Crippen LogP contribution in [-0.2, 0) is 21.2 Å². The molecule has 18 heavy (non-hydrogen) atoms. The molecular weight excluding hydrogens is 259 g/mol. The number of benzene rings is 1. The van der Waals surface area contributed by atoms with Gasteiger partial charge in [0.1, 0.15) is 31.5 Å². The summed E-state index contributed by atoms with van der Waals surface area (Å²) >= 11 is 0. The molecule has 0 aliphatic rings. The lowest BCUT2D eigenvalue weighted by Crippen LogP contribution is -2.14. The third-order valence-electron chi connectivity index (χ3n) is 2.26. The minimum absolute atomic E-state index is 0.0393. The first kappa shape index (κ1) is 14.5. The van der Waals surface area contributed by atoms with Crippen LogP contribution in [0.15, 0.2) is 18.2 Å². The summed E-state index contributed by atoms with van der Waals surface area (Å²) in [7, 11) is -2.26. The van der Waals surface area contributed by atoms with Crippen molar-refractivity contribution in [3.63, 3.8) is 0 Å². The molecule has 8 heteroatoms. The number of rotatable bonds is 5. The van der Waals surface area contributed by atoms with E-state index in [2.05, 4.69) is 4.74 Å². The lowest BCUT2D eigenvalue weighted by Gasteiger charge is -2.06. The van der Waals surface area contributed by atoms with Crippen molar-refractivity contribution in [3.8, 4) is 5.75 Å². The second kappa shape index (κ2) is 5.88. The number of carbonyl (C=O) groups excluding carboxylic acids is 1. The molecule has 0 radical (unpaired) electrons. The molecule has 0 amide bonds. The number of hydrogen-bond donors (Lipinski definition) is 2. The van der Waals surface area contributed by atoms with E-state index in [1.807, 2.05) is 7.85 Å². The van der Waals surface area contributed by atoms with Gasteiger partial charge >= 0.3 is 5.97 Å². The predicted octanol–water partition coefficient (Wildman–Crippen LogP) is -0.430. The molecule has 1 rings (SSSR count). The van der Waals surface area contributed by atoms with Crippen LogP contribution in [0.4, 0.5) is 0 Å². The van der Waals surface area contributed by atoms with Gasteiger partial charge in [-0.05, 0) is 12.1 Å². The van der Waals surface area contributed by atoms with Gasteiger partial charge in [0.05, 0.1) is 0 Å². The number of hydrogen-bond acceptors (Lipinski definition) is 5. The molecule has 0 heterocycles. The molecular formula is C10H13BO6S. The molecule has 1 aromatic carbocycles. The molecule has 0 aliphatic heterocycles. The van der Waals surface area contributed by atoms with Gasteiger partial charge in [-0.15, -0.1) is 0 Å². The smallest absolute Gasteiger partial charge is 0.341 e. The lowest BCUT2D eigenvalue weighted by molar-refractivity contribution is 0.0525. The van der Waals surface area contributed by atoms with Crippen molar-refractivity contribution in [2.75, 3.05) is 12.4 Å². The summed E-state index contributed by atoms with van der Waals surface area (Å²) in [5.41, 5.74) is 0.824. The summed E-state index contributed by atoms with van der Waals surface area (Å²) in [6.45, 7) is -0.466. The Morgan fingerprint density at radius 1 is 1.39 bits per heavy atom. The minimum atomic E-state index is -4.16. The van der Waals surface area contributed by atoms with Gasteiger partial charge < -0.3 is 9.84 Å². The van der Waals surface area contributed by atoms with Gasteiger partial charge in [0.15, 0.2) is 0 Å². The number of aromatic hydroxyl groups is 1. The Morgan fingerprint density at radius 2 is 2.06 bits per heavy atom. The van der Waals surface area contributed by atoms with Crippen molar-refractivity contribution in [2.45, 2.75) is 6.32 Å². The summed E-state index contributed by atoms with van der Waals surface area (Å²) < 4.78 is 33.9. The number of esters is 1. The average Bonchev–Trinajstić information content (AvgIpc) is 2.26. The fourth-order valence-electron chi connectivity index (χ4n) is 1.29. The maximum Gasteiger partial charge on any atom is 0.341 e. The number of phenolic OH excluding ortho intramolecular Hbond substituents is 1. The molecule has 0 fully saturated rings. The van der Waals surface area contributed by atoms with Crippen molar-refractivity contribution in [3.05, 3.63) is 29.3 Å². The average molecular weight is 272 g/mol. The molecule has 0 saturated heterocycles. The predicted molar refractivity (Wildman–Crippen MR) is 67.1 cm³/mol. The highest BCUT2D eigenvalue weighted by Crippen LogP contribution is 2.19. The van der Waals surface area contributed by atoms with Gasteiger partial charge in [0, 0.05) is 0 Å². The van der Waals surface area contributed by atoms with Gasteiger partial charge in [-0.25, -0.2) is 4.79 Å². The van der Waals surface area contributed by atoms with Crippen LogP contribution in [0.25, 0.3) is 0 Å². The van der Waals surface area contributed by atoms with Crippen LogP contribution >= 0.6 is 0 Å². The van der Waals surface area contributed by atoms with Gasteiger partial charge in [-0.1, -0.05) is 17.9 Å². The molecule has 1 aromatic rings. The molecule has 0 spiro atoms. The van der Waals surface area contributed by atoms with Gasteiger partial charge in [0.25, 0.3) is 10.1 Å². The standard InChI is InChI=1S/C10H13BO6S/c11-6-7-1-2-8(9(12)5-7)10(13)17-3-4-18(14,15)16/h1-2,5,12H,3-4,6,11H2,(H,14,15,16). The third-order valence-corrected chi connectivity index (χ3v) is 2.95. The SMILES string of the molecule is BCc1ccc(C(=O)OCCS(=O)(=O)O)c(O)c1. The number of carbonyl (C=O) groups is 1. The van der Waals surface area contributed by atoms with E-state index in [1.54, 1.807) is 6.07 Å². The zero-order chi connectivity index (χ0) is 13.8. The van der Waals surface area contributed by atoms with Gasteiger partial charge in [-0.2, -0.15) is 8.42 Å². The van der Waals surface area contributed by atoms with Crippen molar-refractivity contribution >= 4 is 23.9 Å². The minimum Gasteiger partial charge on any atom is -0.507 e. The van der Waals surface area contributed by atoms with Crippen LogP contribution in [0.2, 0.25) is 0 Å². The van der Waals surface area contributed by atoms with E-state index < -0.39 is 28.4 Å². The second-order valence-corrected chi connectivity index (χ2v) is 5.20. The van der Waals surface area contributed by atoms with Gasteiger partial charge in [0.2, 0.25) is 0 Å². The van der Waals surface area contributed by atoms with Crippen molar-refractivity contribution in [2.24, 2.45) is 0 Å². The highest BCUT2D eigenvalue weighted by molar-refractivity contribution is 7.85. The summed E-state index contributed by atoms with van der Waals surface area (Å²) in [4.78, 5) is 11.5. The van der Waals surface area contributed by atoms with E-state index in [0.29, 0.717) is 6.32 Å². The summed E-state index contributed by atoms with van der Waals surface area (Å²) in [5.74, 6) is -1.72. The normalized spacial score (nSPS) is 11.2. The maximum atomic E-state index is 11.5. The fraction of sp³-hybridized carbons (Fsp3) is 0.300. The van der Waals surface area contributed by atoms with Crippen LogP contribution in [0.5, 0.6) is 5.75 Å². The Morgan fingerprint density at radius 3 is 2.56 bits per heavy atom. The monoisotopic (exact) mass is 272 g/mol. The second-order valence-electron chi connectivity index (χ2n) is 3.63. The molecule has 0 unspecified atom stereocenters. The number of ether oxygens (including phenoxy) is 1. The Balaban J connectivity index is 2.67. The van der Waals surface area contributed by atoms with E-state index in [0.717, 1.165) is 5.56 Å². The highest BCUT2D eigenvalue weighted by Gasteiger charge is 2.14. The summed E-state index contributed by atoms with van der Waals surface area (Å²) in [6.07, 6.45) is 0.714. The Bertz CT molecular complexity index is 539. The molecule has 6 nitrogen and oxygen atoms in total. The fourth-order valence-corrected chi connectivity index (χ4v) is 1.58. The molecule has 0 saturated carbocycles. The number of phenols is 1. The van der Waals surface area contributed by atoms with Crippen molar-refractivity contribution < 1.29 is 27.6 Å². The first-order valence-electron chi connectivity index (χ1n) is 5.27. The Hall–Kier alpha value is -1.54. The van der Waals surface area contributed by atoms with Crippen LogP contribution in [-0.4, -0.2) is 44.3 Å².